The molecule has 2 aromatic heterocycles. The Labute approximate surface area is 105 Å². The van der Waals surface area contributed by atoms with Crippen LogP contribution in [0.4, 0.5) is 0 Å². The lowest BCUT2D eigenvalue weighted by Gasteiger charge is -2.13. The average Bonchev–Trinajstić information content (AvgIpc) is 2.86. The van der Waals surface area contributed by atoms with Crippen molar-refractivity contribution in [3.8, 4) is 0 Å². The molecule has 0 aliphatic carbocycles. The molecule has 5 nitrogen and oxygen atoms in total. The third-order valence-electron chi connectivity index (χ3n) is 2.26. The molecule has 0 aromatic carbocycles. The van der Waals surface area contributed by atoms with Crippen molar-refractivity contribution >= 4 is 11.3 Å². The standard InChI is InChI=1S/C11H17N5S/c1-11(2,3)10-15-8(6-17-10)4-12-5-9-13-7-14-16-9/h6-7,12H,4-5H2,1-3H3,(H,13,14,16). The predicted molar refractivity (Wildman–Crippen MR) is 67.7 cm³/mol. The molecule has 2 rings (SSSR count). The normalized spacial score (nSPS) is 11.9. The van der Waals surface area contributed by atoms with E-state index in [0.29, 0.717) is 6.54 Å². The van der Waals surface area contributed by atoms with Gasteiger partial charge in [-0.2, -0.15) is 5.10 Å². The Morgan fingerprint density at radius 3 is 2.76 bits per heavy atom. The van der Waals surface area contributed by atoms with Crippen molar-refractivity contribution in [2.24, 2.45) is 0 Å². The summed E-state index contributed by atoms with van der Waals surface area (Å²) in [5.74, 6) is 0.844. The minimum atomic E-state index is 0.133. The first-order valence-corrected chi connectivity index (χ1v) is 6.43. The van der Waals surface area contributed by atoms with Gasteiger partial charge < -0.3 is 5.32 Å². The van der Waals surface area contributed by atoms with Crippen LogP contribution in [-0.4, -0.2) is 20.2 Å². The lowest BCUT2D eigenvalue weighted by atomic mass is 9.98. The van der Waals surface area contributed by atoms with Gasteiger partial charge in [-0.25, -0.2) is 9.97 Å². The first kappa shape index (κ1) is 12.2. The summed E-state index contributed by atoms with van der Waals surface area (Å²) in [5.41, 5.74) is 1.22. The van der Waals surface area contributed by atoms with Gasteiger partial charge in [-0.1, -0.05) is 20.8 Å². The van der Waals surface area contributed by atoms with Gasteiger partial charge in [-0.3, -0.25) is 5.10 Å². The lowest BCUT2D eigenvalue weighted by molar-refractivity contribution is 0.578. The van der Waals surface area contributed by atoms with Crippen molar-refractivity contribution < 1.29 is 0 Å². The van der Waals surface area contributed by atoms with Crippen LogP contribution in [0.3, 0.4) is 0 Å². The van der Waals surface area contributed by atoms with Crippen LogP contribution in [0.2, 0.25) is 0 Å². The van der Waals surface area contributed by atoms with E-state index in [-0.39, 0.29) is 5.41 Å². The van der Waals surface area contributed by atoms with Gasteiger partial charge in [0, 0.05) is 17.3 Å². The zero-order valence-corrected chi connectivity index (χ0v) is 11.1. The van der Waals surface area contributed by atoms with Crippen molar-refractivity contribution in [3.05, 3.63) is 28.2 Å². The zero-order valence-electron chi connectivity index (χ0n) is 10.3. The van der Waals surface area contributed by atoms with Crippen molar-refractivity contribution in [3.63, 3.8) is 0 Å². The van der Waals surface area contributed by atoms with E-state index in [1.54, 1.807) is 11.3 Å². The maximum Gasteiger partial charge on any atom is 0.138 e. The summed E-state index contributed by atoms with van der Waals surface area (Å²) in [6.45, 7) is 7.97. The molecule has 6 heteroatoms. The van der Waals surface area contributed by atoms with Crippen LogP contribution >= 0.6 is 11.3 Å². The molecule has 2 N–H and O–H groups in total. The molecule has 0 bridgehead atoms. The monoisotopic (exact) mass is 251 g/mol. The predicted octanol–water partition coefficient (Wildman–Crippen LogP) is 1.85. The van der Waals surface area contributed by atoms with Gasteiger partial charge in [0.1, 0.15) is 12.2 Å². The van der Waals surface area contributed by atoms with Gasteiger partial charge in [-0.05, 0) is 0 Å². The zero-order chi connectivity index (χ0) is 12.3. The van der Waals surface area contributed by atoms with Crippen LogP contribution in [0.5, 0.6) is 0 Å². The second-order valence-corrected chi connectivity index (χ2v) is 5.79. The average molecular weight is 251 g/mol. The van der Waals surface area contributed by atoms with E-state index in [2.05, 4.69) is 51.6 Å². The number of nitrogens with one attached hydrogen (secondary N) is 2. The number of hydrogen-bond donors (Lipinski definition) is 2. The van der Waals surface area contributed by atoms with E-state index >= 15 is 0 Å². The summed E-state index contributed by atoms with van der Waals surface area (Å²) in [7, 11) is 0. The number of H-pyrrole nitrogens is 1. The number of hydrogen-bond acceptors (Lipinski definition) is 5. The molecular formula is C11H17N5S. The molecule has 0 atom stereocenters. The highest BCUT2D eigenvalue weighted by atomic mass is 32.1. The van der Waals surface area contributed by atoms with Crippen LogP contribution in [0, 0.1) is 0 Å². The third kappa shape index (κ3) is 3.34. The quantitative estimate of drug-likeness (QED) is 0.870. The van der Waals surface area contributed by atoms with E-state index in [1.807, 2.05) is 0 Å². The molecule has 0 saturated heterocycles. The van der Waals surface area contributed by atoms with Crippen LogP contribution < -0.4 is 5.32 Å². The number of thiazole rings is 1. The lowest BCUT2D eigenvalue weighted by Crippen LogP contribution is -2.15. The molecule has 0 spiro atoms. The van der Waals surface area contributed by atoms with Gasteiger partial charge in [0.05, 0.1) is 17.2 Å². The highest BCUT2D eigenvalue weighted by molar-refractivity contribution is 7.09. The summed E-state index contributed by atoms with van der Waals surface area (Å²) < 4.78 is 0. The molecule has 0 radical (unpaired) electrons. The van der Waals surface area contributed by atoms with E-state index in [1.165, 1.54) is 11.3 Å². The van der Waals surface area contributed by atoms with Crippen LogP contribution in [0.15, 0.2) is 11.7 Å². The smallest absolute Gasteiger partial charge is 0.138 e. The Balaban J connectivity index is 1.85. The Bertz CT molecular complexity index is 454. The Hall–Kier alpha value is -1.27. The van der Waals surface area contributed by atoms with Gasteiger partial charge in [0.15, 0.2) is 0 Å². The molecule has 2 aromatic rings. The molecule has 0 fully saturated rings. The van der Waals surface area contributed by atoms with E-state index < -0.39 is 0 Å². The molecule has 0 saturated carbocycles. The molecule has 2 heterocycles. The molecule has 0 unspecified atom stereocenters. The van der Waals surface area contributed by atoms with E-state index in [0.717, 1.165) is 18.1 Å². The largest absolute Gasteiger partial charge is 0.304 e. The molecule has 0 aliphatic rings. The van der Waals surface area contributed by atoms with Gasteiger partial charge in [0.25, 0.3) is 0 Å². The second-order valence-electron chi connectivity index (χ2n) is 4.93. The second kappa shape index (κ2) is 4.93. The first-order chi connectivity index (χ1) is 8.05. The van der Waals surface area contributed by atoms with Crippen LogP contribution in [-0.2, 0) is 18.5 Å². The van der Waals surface area contributed by atoms with Crippen LogP contribution in [0.25, 0.3) is 0 Å². The Morgan fingerprint density at radius 1 is 1.35 bits per heavy atom. The summed E-state index contributed by atoms with van der Waals surface area (Å²) in [6, 6.07) is 0. The molecular weight excluding hydrogens is 234 g/mol. The fraction of sp³-hybridized carbons (Fsp3) is 0.545. The fourth-order valence-corrected chi connectivity index (χ4v) is 2.26. The van der Waals surface area contributed by atoms with Crippen molar-refractivity contribution in [1.82, 2.24) is 25.5 Å². The number of aromatic amines is 1. The van der Waals surface area contributed by atoms with E-state index in [9.17, 15) is 0 Å². The van der Waals surface area contributed by atoms with Crippen molar-refractivity contribution in [1.29, 1.82) is 0 Å². The highest BCUT2D eigenvalue weighted by Gasteiger charge is 2.17. The molecule has 0 aliphatic heterocycles. The number of aromatic nitrogens is 4. The molecule has 92 valence electrons. The SMILES string of the molecule is CC(C)(C)c1nc(CNCc2ncn[nH]2)cs1. The van der Waals surface area contributed by atoms with Gasteiger partial charge in [0.2, 0.25) is 0 Å². The van der Waals surface area contributed by atoms with Crippen LogP contribution in [0.1, 0.15) is 37.3 Å². The summed E-state index contributed by atoms with van der Waals surface area (Å²) in [6.07, 6.45) is 1.51. The Morgan fingerprint density at radius 2 is 2.18 bits per heavy atom. The van der Waals surface area contributed by atoms with Gasteiger partial charge >= 0.3 is 0 Å². The van der Waals surface area contributed by atoms with Crippen molar-refractivity contribution in [2.75, 3.05) is 0 Å². The molecule has 17 heavy (non-hydrogen) atoms. The third-order valence-corrected chi connectivity index (χ3v) is 3.57. The first-order valence-electron chi connectivity index (χ1n) is 5.55. The summed E-state index contributed by atoms with van der Waals surface area (Å²) in [4.78, 5) is 8.66. The van der Waals surface area contributed by atoms with Crippen molar-refractivity contribution in [2.45, 2.75) is 39.3 Å². The topological polar surface area (TPSA) is 66.5 Å². The minimum Gasteiger partial charge on any atom is -0.304 e. The van der Waals surface area contributed by atoms with E-state index in [4.69, 9.17) is 0 Å². The minimum absolute atomic E-state index is 0.133. The summed E-state index contributed by atoms with van der Waals surface area (Å²) in [5, 5.41) is 13.2. The maximum absolute atomic E-state index is 4.61. The number of rotatable bonds is 4. The summed E-state index contributed by atoms with van der Waals surface area (Å²) >= 11 is 1.72. The van der Waals surface area contributed by atoms with Gasteiger partial charge in [-0.15, -0.1) is 11.3 Å². The fourth-order valence-electron chi connectivity index (χ4n) is 1.36. The maximum atomic E-state index is 4.61. The molecule has 0 amide bonds. The number of nitrogens with zero attached hydrogens (tertiary/aromatic N) is 3. The highest BCUT2D eigenvalue weighted by Crippen LogP contribution is 2.25. The Kier molecular flexibility index (Phi) is 3.54.